The summed E-state index contributed by atoms with van der Waals surface area (Å²) in [7, 11) is 0. The number of hydrogen-bond acceptors (Lipinski definition) is 3. The smallest absolute Gasteiger partial charge is 0.271 e. The lowest BCUT2D eigenvalue weighted by Crippen LogP contribution is -2.31. The summed E-state index contributed by atoms with van der Waals surface area (Å²) in [5.74, 6) is 0. The van der Waals surface area contributed by atoms with Gasteiger partial charge in [0.1, 0.15) is 0 Å². The quantitative estimate of drug-likeness (QED) is 0.584. The first kappa shape index (κ1) is 10.9. The van der Waals surface area contributed by atoms with Gasteiger partial charge in [-0.15, -0.1) is 0 Å². The van der Waals surface area contributed by atoms with E-state index >= 15 is 0 Å². The number of nitro groups is 1. The molecule has 1 aliphatic rings. The summed E-state index contributed by atoms with van der Waals surface area (Å²) in [6.45, 7) is 6.51. The van der Waals surface area contributed by atoms with Crippen molar-refractivity contribution >= 4 is 11.4 Å². The van der Waals surface area contributed by atoms with Crippen molar-refractivity contribution in [1.82, 2.24) is 0 Å². The van der Waals surface area contributed by atoms with Gasteiger partial charge in [0.05, 0.1) is 4.92 Å². The first-order valence-electron chi connectivity index (χ1n) is 5.42. The monoisotopic (exact) mass is 220 g/mol. The lowest BCUT2D eigenvalue weighted by Gasteiger charge is -2.27. The standard InChI is InChI=1S/C12H16N2O2/c1-12(2,3)11-6-8-4-5-9(14(15)16)7-10(8)13-11/h4-5,7,11,13H,6H2,1-3H3/t11-/m0/s1. The van der Waals surface area contributed by atoms with E-state index in [9.17, 15) is 10.1 Å². The van der Waals surface area contributed by atoms with Crippen LogP contribution < -0.4 is 5.32 Å². The fraction of sp³-hybridized carbons (Fsp3) is 0.500. The molecule has 0 saturated carbocycles. The van der Waals surface area contributed by atoms with Crippen LogP contribution in [-0.2, 0) is 6.42 Å². The minimum absolute atomic E-state index is 0.154. The number of hydrogen-bond donors (Lipinski definition) is 1. The molecule has 4 heteroatoms. The zero-order valence-corrected chi connectivity index (χ0v) is 9.78. The van der Waals surface area contributed by atoms with E-state index in [0.29, 0.717) is 6.04 Å². The van der Waals surface area contributed by atoms with Gasteiger partial charge in [0.2, 0.25) is 0 Å². The maximum Gasteiger partial charge on any atom is 0.271 e. The third kappa shape index (κ3) is 1.87. The third-order valence-corrected chi connectivity index (χ3v) is 3.10. The van der Waals surface area contributed by atoms with Crippen molar-refractivity contribution in [1.29, 1.82) is 0 Å². The topological polar surface area (TPSA) is 55.2 Å². The second-order valence-corrected chi connectivity index (χ2v) is 5.37. The Bertz CT molecular complexity index is 435. The molecule has 1 heterocycles. The second kappa shape index (κ2) is 3.47. The Morgan fingerprint density at radius 3 is 2.69 bits per heavy atom. The van der Waals surface area contributed by atoms with Crippen molar-refractivity contribution in [3.8, 4) is 0 Å². The number of anilines is 1. The van der Waals surface area contributed by atoms with E-state index in [2.05, 4.69) is 26.1 Å². The zero-order valence-electron chi connectivity index (χ0n) is 9.78. The van der Waals surface area contributed by atoms with E-state index in [1.54, 1.807) is 12.1 Å². The average molecular weight is 220 g/mol. The van der Waals surface area contributed by atoms with E-state index in [1.165, 1.54) is 5.56 Å². The Morgan fingerprint density at radius 2 is 2.12 bits per heavy atom. The van der Waals surface area contributed by atoms with Gasteiger partial charge < -0.3 is 5.32 Å². The van der Waals surface area contributed by atoms with Crippen molar-refractivity contribution in [2.75, 3.05) is 5.32 Å². The van der Waals surface area contributed by atoms with Crippen molar-refractivity contribution < 1.29 is 4.92 Å². The maximum absolute atomic E-state index is 10.7. The highest BCUT2D eigenvalue weighted by Gasteiger charge is 2.31. The van der Waals surface area contributed by atoms with E-state index < -0.39 is 0 Å². The van der Waals surface area contributed by atoms with Gasteiger partial charge in [0.15, 0.2) is 0 Å². The molecule has 0 radical (unpaired) electrons. The van der Waals surface area contributed by atoms with E-state index in [-0.39, 0.29) is 16.0 Å². The van der Waals surface area contributed by atoms with Crippen LogP contribution in [0.15, 0.2) is 18.2 Å². The van der Waals surface area contributed by atoms with Gasteiger partial charge in [-0.2, -0.15) is 0 Å². The SMILES string of the molecule is CC(C)(C)[C@@H]1Cc2ccc([N+](=O)[O-])cc2N1. The molecule has 1 aromatic carbocycles. The summed E-state index contributed by atoms with van der Waals surface area (Å²) in [6.07, 6.45) is 0.941. The van der Waals surface area contributed by atoms with Gasteiger partial charge in [-0.3, -0.25) is 10.1 Å². The van der Waals surface area contributed by atoms with Gasteiger partial charge >= 0.3 is 0 Å². The van der Waals surface area contributed by atoms with Gasteiger partial charge in [-0.05, 0) is 17.4 Å². The van der Waals surface area contributed by atoms with Crippen molar-refractivity contribution in [2.45, 2.75) is 33.2 Å². The molecule has 1 N–H and O–H groups in total. The molecule has 1 atom stereocenters. The zero-order chi connectivity index (χ0) is 11.9. The fourth-order valence-corrected chi connectivity index (χ4v) is 1.97. The molecule has 0 unspecified atom stereocenters. The lowest BCUT2D eigenvalue weighted by molar-refractivity contribution is -0.384. The minimum atomic E-state index is -0.355. The molecular formula is C12H16N2O2. The van der Waals surface area contributed by atoms with Crippen molar-refractivity contribution in [3.05, 3.63) is 33.9 Å². The Labute approximate surface area is 94.8 Å². The first-order valence-corrected chi connectivity index (χ1v) is 5.42. The molecule has 0 saturated heterocycles. The van der Waals surface area contributed by atoms with Crippen LogP contribution in [0.5, 0.6) is 0 Å². The number of nitro benzene ring substituents is 1. The van der Waals surface area contributed by atoms with Gasteiger partial charge in [-0.1, -0.05) is 26.8 Å². The Balaban J connectivity index is 2.28. The summed E-state index contributed by atoms with van der Waals surface area (Å²) in [6, 6.07) is 5.41. The van der Waals surface area contributed by atoms with Gasteiger partial charge in [0, 0.05) is 23.9 Å². The number of fused-ring (bicyclic) bond motifs is 1. The summed E-state index contributed by atoms with van der Waals surface area (Å²) < 4.78 is 0. The minimum Gasteiger partial charge on any atom is -0.381 e. The first-order chi connectivity index (χ1) is 7.38. The van der Waals surface area contributed by atoms with E-state index in [1.807, 2.05) is 6.07 Å². The Hall–Kier alpha value is -1.58. The maximum atomic E-state index is 10.7. The van der Waals surface area contributed by atoms with E-state index in [4.69, 9.17) is 0 Å². The summed E-state index contributed by atoms with van der Waals surface area (Å²) >= 11 is 0. The Morgan fingerprint density at radius 1 is 1.44 bits per heavy atom. The van der Waals surface area contributed by atoms with Crippen molar-refractivity contribution in [3.63, 3.8) is 0 Å². The number of benzene rings is 1. The van der Waals surface area contributed by atoms with Gasteiger partial charge in [0.25, 0.3) is 5.69 Å². The van der Waals surface area contributed by atoms with Gasteiger partial charge in [-0.25, -0.2) is 0 Å². The molecular weight excluding hydrogens is 204 g/mol. The molecule has 2 rings (SSSR count). The number of nitrogens with one attached hydrogen (secondary N) is 1. The third-order valence-electron chi connectivity index (χ3n) is 3.10. The molecule has 0 amide bonds. The predicted octanol–water partition coefficient (Wildman–Crippen LogP) is 2.98. The molecule has 86 valence electrons. The molecule has 0 aromatic heterocycles. The highest BCUT2D eigenvalue weighted by molar-refractivity contribution is 5.61. The normalized spacial score (nSPS) is 19.1. The average Bonchev–Trinajstić information content (AvgIpc) is 2.58. The fourth-order valence-electron chi connectivity index (χ4n) is 1.97. The van der Waals surface area contributed by atoms with Crippen LogP contribution in [0.2, 0.25) is 0 Å². The number of nitrogens with zero attached hydrogens (tertiary/aromatic N) is 1. The van der Waals surface area contributed by atoms with E-state index in [0.717, 1.165) is 12.1 Å². The summed E-state index contributed by atoms with van der Waals surface area (Å²) in [5.41, 5.74) is 2.40. The largest absolute Gasteiger partial charge is 0.381 e. The van der Waals surface area contributed by atoms with Crippen LogP contribution in [-0.4, -0.2) is 11.0 Å². The lowest BCUT2D eigenvalue weighted by atomic mass is 9.85. The van der Waals surface area contributed by atoms with Crippen LogP contribution >= 0.6 is 0 Å². The van der Waals surface area contributed by atoms with Crippen LogP contribution in [0.3, 0.4) is 0 Å². The number of non-ortho nitro benzene ring substituents is 1. The molecule has 1 aliphatic heterocycles. The molecule has 0 aliphatic carbocycles. The highest BCUT2D eigenvalue weighted by Crippen LogP contribution is 2.36. The molecule has 0 fully saturated rings. The van der Waals surface area contributed by atoms with Crippen LogP contribution in [0.25, 0.3) is 0 Å². The predicted molar refractivity (Wildman–Crippen MR) is 63.7 cm³/mol. The van der Waals surface area contributed by atoms with Crippen LogP contribution in [0, 0.1) is 15.5 Å². The number of rotatable bonds is 1. The summed E-state index contributed by atoms with van der Waals surface area (Å²) in [4.78, 5) is 10.3. The molecule has 1 aromatic rings. The molecule has 4 nitrogen and oxygen atoms in total. The molecule has 16 heavy (non-hydrogen) atoms. The molecule has 0 bridgehead atoms. The van der Waals surface area contributed by atoms with Crippen molar-refractivity contribution in [2.24, 2.45) is 5.41 Å². The van der Waals surface area contributed by atoms with Crippen LogP contribution in [0.1, 0.15) is 26.3 Å². The summed E-state index contributed by atoms with van der Waals surface area (Å²) in [5, 5.41) is 14.0. The highest BCUT2D eigenvalue weighted by atomic mass is 16.6. The molecule has 0 spiro atoms. The van der Waals surface area contributed by atoms with Crippen LogP contribution in [0.4, 0.5) is 11.4 Å². The second-order valence-electron chi connectivity index (χ2n) is 5.37. The Kier molecular flexibility index (Phi) is 2.37.